The van der Waals surface area contributed by atoms with Crippen molar-refractivity contribution >= 4 is 5.69 Å². The van der Waals surface area contributed by atoms with Crippen LogP contribution in [0, 0.1) is 10.1 Å². The van der Waals surface area contributed by atoms with Crippen molar-refractivity contribution < 1.29 is 10.0 Å². The summed E-state index contributed by atoms with van der Waals surface area (Å²) in [7, 11) is 1.77. The van der Waals surface area contributed by atoms with E-state index in [-0.39, 0.29) is 5.69 Å². The first-order valence-electron chi connectivity index (χ1n) is 5.44. The van der Waals surface area contributed by atoms with Gasteiger partial charge >= 0.3 is 0 Å². The van der Waals surface area contributed by atoms with E-state index in [1.165, 1.54) is 12.1 Å². The van der Waals surface area contributed by atoms with Crippen molar-refractivity contribution in [3.8, 4) is 11.1 Å². The molecule has 0 fully saturated rings. The van der Waals surface area contributed by atoms with Crippen LogP contribution in [0.1, 0.15) is 18.6 Å². The fraction of sp³-hybridized carbons (Fsp3) is 0.250. The molecule has 0 aliphatic heterocycles. The molecule has 6 nitrogen and oxygen atoms in total. The zero-order valence-electron chi connectivity index (χ0n) is 10.1. The average Bonchev–Trinajstić information content (AvgIpc) is 2.75. The highest BCUT2D eigenvalue weighted by molar-refractivity contribution is 5.66. The van der Waals surface area contributed by atoms with Crippen LogP contribution in [-0.2, 0) is 7.05 Å². The number of hydrogen-bond acceptors (Lipinski definition) is 4. The maximum Gasteiger partial charge on any atom is 0.270 e. The lowest BCUT2D eigenvalue weighted by atomic mass is 10.0. The molecule has 0 amide bonds. The first-order valence-corrected chi connectivity index (χ1v) is 5.44. The Morgan fingerprint density at radius 3 is 2.61 bits per heavy atom. The van der Waals surface area contributed by atoms with Gasteiger partial charge in [0.15, 0.2) is 0 Å². The van der Waals surface area contributed by atoms with Crippen molar-refractivity contribution in [3.63, 3.8) is 0 Å². The summed E-state index contributed by atoms with van der Waals surface area (Å²) in [5.74, 6) is 0. The lowest BCUT2D eigenvalue weighted by Gasteiger charge is -2.07. The van der Waals surface area contributed by atoms with Gasteiger partial charge in [-0.2, -0.15) is 5.10 Å². The first kappa shape index (κ1) is 12.3. The number of aliphatic hydroxyl groups excluding tert-OH is 1. The molecule has 1 aromatic carbocycles. The topological polar surface area (TPSA) is 81.2 Å². The Morgan fingerprint density at radius 2 is 2.11 bits per heavy atom. The number of aliphatic hydroxyl groups is 1. The van der Waals surface area contributed by atoms with Crippen LogP contribution < -0.4 is 0 Å². The number of rotatable bonds is 3. The quantitative estimate of drug-likeness (QED) is 0.664. The van der Waals surface area contributed by atoms with Gasteiger partial charge in [-0.3, -0.25) is 14.8 Å². The molecule has 0 saturated heterocycles. The summed E-state index contributed by atoms with van der Waals surface area (Å²) in [5.41, 5.74) is 1.94. The highest BCUT2D eigenvalue weighted by Crippen LogP contribution is 2.28. The fourth-order valence-electron chi connectivity index (χ4n) is 1.72. The van der Waals surface area contributed by atoms with Crippen molar-refractivity contribution in [1.29, 1.82) is 0 Å². The van der Waals surface area contributed by atoms with Crippen LogP contribution >= 0.6 is 0 Å². The second-order valence-electron chi connectivity index (χ2n) is 4.15. The number of nitro benzene ring substituents is 1. The Balaban J connectivity index is 2.56. The van der Waals surface area contributed by atoms with E-state index in [9.17, 15) is 15.2 Å². The van der Waals surface area contributed by atoms with Gasteiger partial charge in [-0.25, -0.2) is 0 Å². The van der Waals surface area contributed by atoms with Gasteiger partial charge in [0.25, 0.3) is 5.69 Å². The second kappa shape index (κ2) is 4.58. The third-order valence-electron chi connectivity index (χ3n) is 2.67. The molecule has 0 radical (unpaired) electrons. The van der Waals surface area contributed by atoms with Gasteiger partial charge in [-0.05, 0) is 24.1 Å². The van der Waals surface area contributed by atoms with Gasteiger partial charge in [0.1, 0.15) is 0 Å². The molecular weight excluding hydrogens is 234 g/mol. The summed E-state index contributed by atoms with van der Waals surface area (Å²) in [6, 6.07) is 4.59. The van der Waals surface area contributed by atoms with E-state index in [1.54, 1.807) is 37.1 Å². The monoisotopic (exact) mass is 247 g/mol. The molecule has 18 heavy (non-hydrogen) atoms. The summed E-state index contributed by atoms with van der Waals surface area (Å²) in [6.45, 7) is 1.58. The summed E-state index contributed by atoms with van der Waals surface area (Å²) in [4.78, 5) is 10.4. The van der Waals surface area contributed by atoms with Crippen LogP contribution in [0.3, 0.4) is 0 Å². The van der Waals surface area contributed by atoms with Crippen molar-refractivity contribution in [2.75, 3.05) is 0 Å². The zero-order valence-corrected chi connectivity index (χ0v) is 10.1. The number of hydrogen-bond donors (Lipinski definition) is 1. The van der Waals surface area contributed by atoms with Crippen LogP contribution in [0.15, 0.2) is 30.6 Å². The van der Waals surface area contributed by atoms with Gasteiger partial charge < -0.3 is 5.11 Å². The number of nitrogens with zero attached hydrogens (tertiary/aromatic N) is 3. The summed E-state index contributed by atoms with van der Waals surface area (Å²) in [5, 5.41) is 24.5. The highest BCUT2D eigenvalue weighted by atomic mass is 16.6. The number of aryl methyl sites for hydroxylation is 1. The number of aromatic nitrogens is 2. The molecule has 2 rings (SSSR count). The molecule has 0 aliphatic carbocycles. The Bertz CT molecular complexity index is 590. The van der Waals surface area contributed by atoms with Crippen LogP contribution in [0.25, 0.3) is 11.1 Å². The van der Waals surface area contributed by atoms with E-state index in [1.807, 2.05) is 0 Å². The van der Waals surface area contributed by atoms with Crippen molar-refractivity contribution in [2.24, 2.45) is 7.05 Å². The molecule has 2 aromatic rings. The Morgan fingerprint density at radius 1 is 1.39 bits per heavy atom. The first-order chi connectivity index (χ1) is 8.47. The van der Waals surface area contributed by atoms with Crippen LogP contribution in [0.5, 0.6) is 0 Å². The largest absolute Gasteiger partial charge is 0.389 e. The lowest BCUT2D eigenvalue weighted by Crippen LogP contribution is -1.95. The maximum absolute atomic E-state index is 10.9. The number of non-ortho nitro benzene ring substituents is 1. The van der Waals surface area contributed by atoms with Crippen molar-refractivity contribution in [3.05, 3.63) is 46.3 Å². The SMILES string of the molecule is CC(O)c1cc(-c2cnn(C)c2)cc([N+](=O)[O-])c1. The predicted octanol–water partition coefficient (Wildman–Crippen LogP) is 2.05. The zero-order chi connectivity index (χ0) is 13.3. The third kappa shape index (κ3) is 2.38. The number of nitro groups is 1. The van der Waals surface area contributed by atoms with Crippen molar-refractivity contribution in [1.82, 2.24) is 9.78 Å². The summed E-state index contributed by atoms with van der Waals surface area (Å²) >= 11 is 0. The maximum atomic E-state index is 10.9. The molecule has 1 atom stereocenters. The molecule has 0 spiro atoms. The minimum Gasteiger partial charge on any atom is -0.389 e. The second-order valence-corrected chi connectivity index (χ2v) is 4.15. The molecule has 1 heterocycles. The molecular formula is C12H13N3O3. The highest BCUT2D eigenvalue weighted by Gasteiger charge is 2.14. The predicted molar refractivity (Wildman–Crippen MR) is 65.9 cm³/mol. The van der Waals surface area contributed by atoms with Gasteiger partial charge in [0.05, 0.1) is 17.2 Å². The standard InChI is InChI=1S/C12H13N3O3/c1-8(16)9-3-10(5-12(4-9)15(17)18)11-6-13-14(2)7-11/h3-8,16H,1-2H3. The normalized spacial score (nSPS) is 12.4. The lowest BCUT2D eigenvalue weighted by molar-refractivity contribution is -0.384. The van der Waals surface area contributed by atoms with E-state index >= 15 is 0 Å². The molecule has 0 saturated carbocycles. The molecule has 1 aromatic heterocycles. The van der Waals surface area contributed by atoms with E-state index in [2.05, 4.69) is 5.10 Å². The smallest absolute Gasteiger partial charge is 0.270 e. The van der Waals surface area contributed by atoms with E-state index in [4.69, 9.17) is 0 Å². The van der Waals surface area contributed by atoms with E-state index < -0.39 is 11.0 Å². The molecule has 6 heteroatoms. The molecule has 0 aliphatic rings. The Hall–Kier alpha value is -2.21. The minimum atomic E-state index is -0.750. The fourth-order valence-corrected chi connectivity index (χ4v) is 1.72. The Labute approximate surface area is 104 Å². The third-order valence-corrected chi connectivity index (χ3v) is 2.67. The molecule has 1 unspecified atom stereocenters. The molecule has 0 bridgehead atoms. The van der Waals surface area contributed by atoms with Gasteiger partial charge in [0.2, 0.25) is 0 Å². The van der Waals surface area contributed by atoms with E-state index in [0.717, 1.165) is 5.56 Å². The van der Waals surface area contributed by atoms with Gasteiger partial charge in [0, 0.05) is 30.9 Å². The average molecular weight is 247 g/mol. The summed E-state index contributed by atoms with van der Waals surface area (Å²) in [6.07, 6.45) is 2.65. The van der Waals surface area contributed by atoms with Gasteiger partial charge in [-0.1, -0.05) is 0 Å². The molecule has 94 valence electrons. The number of benzene rings is 1. The minimum absolute atomic E-state index is 0.0350. The van der Waals surface area contributed by atoms with Gasteiger partial charge in [-0.15, -0.1) is 0 Å². The van der Waals surface area contributed by atoms with Crippen LogP contribution in [0.2, 0.25) is 0 Å². The van der Waals surface area contributed by atoms with E-state index in [0.29, 0.717) is 11.1 Å². The van der Waals surface area contributed by atoms with Crippen LogP contribution in [-0.4, -0.2) is 19.8 Å². The van der Waals surface area contributed by atoms with Crippen LogP contribution in [0.4, 0.5) is 5.69 Å². The summed E-state index contributed by atoms with van der Waals surface area (Å²) < 4.78 is 1.62. The van der Waals surface area contributed by atoms with Crippen molar-refractivity contribution in [2.45, 2.75) is 13.0 Å². The molecule has 1 N–H and O–H groups in total. The Kier molecular flexibility index (Phi) is 3.12.